The molecule has 0 radical (unpaired) electrons. The van der Waals surface area contributed by atoms with E-state index in [1.807, 2.05) is 32.0 Å². The van der Waals surface area contributed by atoms with E-state index in [2.05, 4.69) is 10.3 Å². The molecule has 0 saturated heterocycles. The highest BCUT2D eigenvalue weighted by Gasteiger charge is 2.26. The molecule has 0 aliphatic carbocycles. The Morgan fingerprint density at radius 2 is 1.83 bits per heavy atom. The number of anilines is 1. The summed E-state index contributed by atoms with van der Waals surface area (Å²) in [5.74, 6) is 0.000156. The predicted octanol–water partition coefficient (Wildman–Crippen LogP) is 2.55. The van der Waals surface area contributed by atoms with Crippen molar-refractivity contribution in [3.8, 4) is 5.69 Å². The Labute approximate surface area is 140 Å². The van der Waals surface area contributed by atoms with Crippen molar-refractivity contribution in [2.24, 2.45) is 0 Å². The second kappa shape index (κ2) is 6.09. The van der Waals surface area contributed by atoms with E-state index in [4.69, 9.17) is 5.73 Å². The number of nitrogens with zero attached hydrogens (tertiary/aromatic N) is 3. The van der Waals surface area contributed by atoms with Crippen LogP contribution in [0.5, 0.6) is 0 Å². The van der Waals surface area contributed by atoms with Gasteiger partial charge in [-0.05, 0) is 48.7 Å². The monoisotopic (exact) mass is 342 g/mol. The molecule has 1 heterocycles. The number of aryl methyl sites for hydroxylation is 2. The second-order valence-corrected chi connectivity index (χ2v) is 7.40. The number of aromatic nitrogens is 3. The van der Waals surface area contributed by atoms with Crippen molar-refractivity contribution >= 4 is 15.7 Å². The van der Waals surface area contributed by atoms with Crippen LogP contribution in [-0.2, 0) is 16.3 Å². The van der Waals surface area contributed by atoms with Crippen LogP contribution in [0.25, 0.3) is 5.69 Å². The molecule has 0 saturated carbocycles. The quantitative estimate of drug-likeness (QED) is 0.787. The zero-order chi connectivity index (χ0) is 17.3. The fourth-order valence-corrected chi connectivity index (χ4v) is 3.66. The van der Waals surface area contributed by atoms with Gasteiger partial charge in [0.1, 0.15) is 0 Å². The molecule has 6 nitrogen and oxygen atoms in total. The van der Waals surface area contributed by atoms with E-state index in [1.54, 1.807) is 30.3 Å². The maximum absolute atomic E-state index is 12.8. The number of rotatable bonds is 4. The third-order valence-electron chi connectivity index (χ3n) is 3.81. The van der Waals surface area contributed by atoms with E-state index in [0.29, 0.717) is 5.69 Å². The average molecular weight is 342 g/mol. The highest BCUT2D eigenvalue weighted by molar-refractivity contribution is 7.91. The van der Waals surface area contributed by atoms with Crippen molar-refractivity contribution in [3.63, 3.8) is 0 Å². The van der Waals surface area contributed by atoms with Gasteiger partial charge in [-0.2, -0.15) is 4.68 Å². The highest BCUT2D eigenvalue weighted by Crippen LogP contribution is 2.26. The lowest BCUT2D eigenvalue weighted by molar-refractivity contribution is 0.592. The smallest absolute Gasteiger partial charge is 0.229 e. The largest absolute Gasteiger partial charge is 0.381 e. The molecule has 2 aromatic carbocycles. The number of hydrogen-bond acceptors (Lipinski definition) is 5. The van der Waals surface area contributed by atoms with Crippen LogP contribution in [-0.4, -0.2) is 23.4 Å². The number of hydrogen-bond donors (Lipinski definition) is 1. The maximum atomic E-state index is 12.8. The van der Waals surface area contributed by atoms with Gasteiger partial charge in [0, 0.05) is 0 Å². The Kier molecular flexibility index (Phi) is 4.11. The van der Waals surface area contributed by atoms with Gasteiger partial charge in [-0.15, -0.1) is 5.10 Å². The lowest BCUT2D eigenvalue weighted by Crippen LogP contribution is -2.08. The molecule has 0 unspecified atom stereocenters. The standard InChI is InChI=1S/C17H18N4O2S/c1-3-13-7-9-15(10-8-13)24(22,23)17-16(18)21(20-19-17)14-6-4-5-12(2)11-14/h4-11H,3,18H2,1-2H3. The number of sulfone groups is 1. The van der Waals surface area contributed by atoms with Gasteiger partial charge in [0.25, 0.3) is 0 Å². The molecule has 0 fully saturated rings. The summed E-state index contributed by atoms with van der Waals surface area (Å²) in [6.07, 6.45) is 0.839. The minimum Gasteiger partial charge on any atom is -0.381 e. The topological polar surface area (TPSA) is 90.9 Å². The lowest BCUT2D eigenvalue weighted by Gasteiger charge is -2.06. The first-order valence-corrected chi connectivity index (χ1v) is 9.04. The van der Waals surface area contributed by atoms with Gasteiger partial charge in [0.2, 0.25) is 14.9 Å². The molecule has 7 heteroatoms. The van der Waals surface area contributed by atoms with E-state index < -0.39 is 9.84 Å². The van der Waals surface area contributed by atoms with E-state index in [0.717, 1.165) is 17.5 Å². The maximum Gasteiger partial charge on any atom is 0.229 e. The predicted molar refractivity (Wildman–Crippen MR) is 91.8 cm³/mol. The summed E-state index contributed by atoms with van der Waals surface area (Å²) in [6, 6.07) is 14.1. The van der Waals surface area contributed by atoms with Gasteiger partial charge in [-0.1, -0.05) is 36.4 Å². The Bertz CT molecular complexity index is 976. The van der Waals surface area contributed by atoms with Crippen molar-refractivity contribution < 1.29 is 8.42 Å². The fourth-order valence-electron chi connectivity index (χ4n) is 2.43. The van der Waals surface area contributed by atoms with Crippen LogP contribution in [0.2, 0.25) is 0 Å². The van der Waals surface area contributed by atoms with Gasteiger partial charge in [-0.3, -0.25) is 0 Å². The molecule has 3 rings (SSSR count). The lowest BCUT2D eigenvalue weighted by atomic mass is 10.2. The molecule has 24 heavy (non-hydrogen) atoms. The zero-order valence-electron chi connectivity index (χ0n) is 13.5. The Balaban J connectivity index is 2.06. The Morgan fingerprint density at radius 1 is 1.12 bits per heavy atom. The summed E-state index contributed by atoms with van der Waals surface area (Å²) in [4.78, 5) is 0.155. The second-order valence-electron chi connectivity index (χ2n) is 5.53. The third-order valence-corrected chi connectivity index (χ3v) is 5.51. The van der Waals surface area contributed by atoms with Crippen LogP contribution < -0.4 is 5.73 Å². The summed E-state index contributed by atoms with van der Waals surface area (Å²) in [7, 11) is -3.81. The van der Waals surface area contributed by atoms with E-state index in [1.165, 1.54) is 4.68 Å². The first kappa shape index (κ1) is 16.2. The molecule has 0 spiro atoms. The van der Waals surface area contributed by atoms with Crippen molar-refractivity contribution in [1.82, 2.24) is 15.0 Å². The van der Waals surface area contributed by atoms with Crippen LogP contribution in [0.1, 0.15) is 18.1 Å². The average Bonchev–Trinajstić information content (AvgIpc) is 2.97. The van der Waals surface area contributed by atoms with Gasteiger partial charge in [-0.25, -0.2) is 8.42 Å². The number of benzene rings is 2. The minimum absolute atomic E-state index is 0.000156. The van der Waals surface area contributed by atoms with Crippen molar-refractivity contribution in [2.75, 3.05) is 5.73 Å². The van der Waals surface area contributed by atoms with E-state index in [9.17, 15) is 8.42 Å². The molecular formula is C17H18N4O2S. The third kappa shape index (κ3) is 2.78. The Hall–Kier alpha value is -2.67. The minimum atomic E-state index is -3.81. The van der Waals surface area contributed by atoms with Crippen LogP contribution in [0, 0.1) is 6.92 Å². The van der Waals surface area contributed by atoms with Crippen LogP contribution >= 0.6 is 0 Å². The van der Waals surface area contributed by atoms with Crippen LogP contribution in [0.15, 0.2) is 58.5 Å². The highest BCUT2D eigenvalue weighted by atomic mass is 32.2. The van der Waals surface area contributed by atoms with Gasteiger partial charge >= 0.3 is 0 Å². The van der Waals surface area contributed by atoms with Gasteiger partial charge in [0.05, 0.1) is 10.6 Å². The normalized spacial score (nSPS) is 11.6. The van der Waals surface area contributed by atoms with Gasteiger partial charge in [0.15, 0.2) is 5.82 Å². The van der Waals surface area contributed by atoms with Crippen molar-refractivity contribution in [2.45, 2.75) is 30.2 Å². The molecule has 124 valence electrons. The van der Waals surface area contributed by atoms with E-state index in [-0.39, 0.29) is 15.7 Å². The number of nitrogen functional groups attached to an aromatic ring is 1. The molecule has 1 aromatic heterocycles. The zero-order valence-corrected chi connectivity index (χ0v) is 14.3. The van der Waals surface area contributed by atoms with Crippen LogP contribution in [0.3, 0.4) is 0 Å². The Morgan fingerprint density at radius 3 is 2.46 bits per heavy atom. The SMILES string of the molecule is CCc1ccc(S(=O)(=O)c2nnn(-c3cccc(C)c3)c2N)cc1. The van der Waals surface area contributed by atoms with Gasteiger partial charge < -0.3 is 5.73 Å². The first-order chi connectivity index (χ1) is 11.4. The molecular weight excluding hydrogens is 324 g/mol. The molecule has 0 aliphatic rings. The van der Waals surface area contributed by atoms with Crippen molar-refractivity contribution in [3.05, 3.63) is 59.7 Å². The molecule has 0 atom stereocenters. The molecule has 3 aromatic rings. The summed E-state index contributed by atoms with van der Waals surface area (Å²) < 4.78 is 26.9. The van der Waals surface area contributed by atoms with Crippen molar-refractivity contribution in [1.29, 1.82) is 0 Å². The summed E-state index contributed by atoms with van der Waals surface area (Å²) in [5.41, 5.74) is 8.77. The van der Waals surface area contributed by atoms with E-state index >= 15 is 0 Å². The molecule has 0 amide bonds. The summed E-state index contributed by atoms with van der Waals surface area (Å²) >= 11 is 0. The summed E-state index contributed by atoms with van der Waals surface area (Å²) in [5, 5.41) is 7.50. The first-order valence-electron chi connectivity index (χ1n) is 7.55. The molecule has 0 aliphatic heterocycles. The number of nitrogens with two attached hydrogens (primary N) is 1. The molecule has 0 bridgehead atoms. The molecule has 2 N–H and O–H groups in total. The fraction of sp³-hybridized carbons (Fsp3) is 0.176. The van der Waals surface area contributed by atoms with Crippen LogP contribution in [0.4, 0.5) is 5.82 Å². The summed E-state index contributed by atoms with van der Waals surface area (Å²) in [6.45, 7) is 3.94.